The molecule has 1 atom stereocenters. The molecule has 2 aliphatic rings. The lowest BCUT2D eigenvalue weighted by molar-refractivity contribution is -0.384. The van der Waals surface area contributed by atoms with Crippen LogP contribution in [-0.4, -0.2) is 61.2 Å². The zero-order chi connectivity index (χ0) is 21.9. The summed E-state index contributed by atoms with van der Waals surface area (Å²) in [5, 5.41) is 23.8. The summed E-state index contributed by atoms with van der Waals surface area (Å²) >= 11 is 0. The molecular formula is C22H26N8O2. The van der Waals surface area contributed by atoms with E-state index < -0.39 is 0 Å². The van der Waals surface area contributed by atoms with Crippen molar-refractivity contribution in [3.63, 3.8) is 0 Å². The van der Waals surface area contributed by atoms with Gasteiger partial charge in [-0.25, -0.2) is 4.68 Å². The summed E-state index contributed by atoms with van der Waals surface area (Å²) in [6, 6.07) is 11.2. The monoisotopic (exact) mass is 434 g/mol. The predicted octanol–water partition coefficient (Wildman–Crippen LogP) is 3.00. The molecule has 3 aromatic rings. The molecule has 1 aliphatic heterocycles. The molecule has 5 rings (SSSR count). The number of piperazine rings is 1. The normalized spacial score (nSPS) is 18.7. The Labute approximate surface area is 186 Å². The lowest BCUT2D eigenvalue weighted by Gasteiger charge is -2.40. The average Bonchev–Trinajstić information content (AvgIpc) is 3.53. The Morgan fingerprint density at radius 2 is 1.66 bits per heavy atom. The van der Waals surface area contributed by atoms with Crippen molar-refractivity contribution in [2.24, 2.45) is 0 Å². The molecule has 10 heteroatoms. The lowest BCUT2D eigenvalue weighted by Crippen LogP contribution is -2.48. The van der Waals surface area contributed by atoms with Gasteiger partial charge in [-0.05, 0) is 53.1 Å². The van der Waals surface area contributed by atoms with Crippen molar-refractivity contribution in [3.05, 3.63) is 70.3 Å². The minimum absolute atomic E-state index is 0.0346. The first-order valence-corrected chi connectivity index (χ1v) is 11.1. The van der Waals surface area contributed by atoms with E-state index in [-0.39, 0.29) is 16.7 Å². The number of anilines is 1. The number of tetrazole rings is 1. The maximum Gasteiger partial charge on any atom is 0.269 e. The molecule has 1 aliphatic carbocycles. The van der Waals surface area contributed by atoms with E-state index in [9.17, 15) is 10.1 Å². The van der Waals surface area contributed by atoms with Gasteiger partial charge in [0.25, 0.3) is 5.69 Å². The number of hydrogen-bond donors (Lipinski definition) is 0. The Morgan fingerprint density at radius 1 is 0.969 bits per heavy atom. The Bertz CT molecular complexity index is 1040. The Morgan fingerprint density at radius 3 is 2.31 bits per heavy atom. The first-order valence-electron chi connectivity index (χ1n) is 11.1. The van der Waals surface area contributed by atoms with Crippen molar-refractivity contribution in [2.75, 3.05) is 31.1 Å². The molecule has 2 fully saturated rings. The SMILES string of the molecule is O=[N+]([O-])c1ccc(N2CCN(C(c3ccncc3)c3nnnn3C3CCCC3)CC2)cc1. The van der Waals surface area contributed by atoms with Gasteiger partial charge < -0.3 is 4.90 Å². The highest BCUT2D eigenvalue weighted by molar-refractivity contribution is 5.51. The highest BCUT2D eigenvalue weighted by atomic mass is 16.6. The minimum atomic E-state index is -0.366. The van der Waals surface area contributed by atoms with Crippen LogP contribution in [0.3, 0.4) is 0 Å². The molecule has 166 valence electrons. The van der Waals surface area contributed by atoms with Crippen molar-refractivity contribution >= 4 is 11.4 Å². The van der Waals surface area contributed by atoms with Gasteiger partial charge in [0.2, 0.25) is 0 Å². The van der Waals surface area contributed by atoms with Crippen LogP contribution in [0.1, 0.15) is 49.2 Å². The van der Waals surface area contributed by atoms with Crippen molar-refractivity contribution in [1.82, 2.24) is 30.1 Å². The third kappa shape index (κ3) is 4.05. The number of benzene rings is 1. The van der Waals surface area contributed by atoms with Gasteiger partial charge >= 0.3 is 0 Å². The number of rotatable bonds is 6. The quantitative estimate of drug-likeness (QED) is 0.431. The third-order valence-corrected chi connectivity index (χ3v) is 6.56. The molecular weight excluding hydrogens is 408 g/mol. The highest BCUT2D eigenvalue weighted by Crippen LogP contribution is 2.34. The maximum absolute atomic E-state index is 10.9. The van der Waals surface area contributed by atoms with Gasteiger partial charge in [0, 0.05) is 56.4 Å². The number of non-ortho nitro benzene ring substituents is 1. The molecule has 1 unspecified atom stereocenters. The van der Waals surface area contributed by atoms with Crippen LogP contribution in [-0.2, 0) is 0 Å². The van der Waals surface area contributed by atoms with Crippen LogP contribution in [0.4, 0.5) is 11.4 Å². The Balaban J connectivity index is 1.37. The zero-order valence-corrected chi connectivity index (χ0v) is 17.8. The zero-order valence-electron chi connectivity index (χ0n) is 17.8. The fourth-order valence-corrected chi connectivity index (χ4v) is 4.88. The second-order valence-electron chi connectivity index (χ2n) is 8.40. The van der Waals surface area contributed by atoms with E-state index in [1.54, 1.807) is 12.1 Å². The summed E-state index contributed by atoms with van der Waals surface area (Å²) in [4.78, 5) is 19.5. The van der Waals surface area contributed by atoms with E-state index in [1.165, 1.54) is 12.8 Å². The second kappa shape index (κ2) is 8.99. The van der Waals surface area contributed by atoms with Crippen LogP contribution in [0.2, 0.25) is 0 Å². The van der Waals surface area contributed by atoms with E-state index in [1.807, 2.05) is 41.3 Å². The molecule has 0 radical (unpaired) electrons. The summed E-state index contributed by atoms with van der Waals surface area (Å²) < 4.78 is 2.04. The average molecular weight is 435 g/mol. The van der Waals surface area contributed by atoms with Gasteiger partial charge in [-0.3, -0.25) is 20.0 Å². The number of nitrogens with zero attached hydrogens (tertiary/aromatic N) is 8. The fraction of sp³-hybridized carbons (Fsp3) is 0.455. The standard InChI is InChI=1S/C22H26N8O2/c31-30(32)20-7-5-18(6-8-20)27-13-15-28(16-14-27)21(17-9-11-23-12-10-17)22-24-25-26-29(22)19-3-1-2-4-19/h5-12,19,21H,1-4,13-16H2. The van der Waals surface area contributed by atoms with Crippen molar-refractivity contribution in [1.29, 1.82) is 0 Å². The van der Waals surface area contributed by atoms with Gasteiger partial charge in [0.15, 0.2) is 5.82 Å². The van der Waals surface area contributed by atoms with Crippen LogP contribution >= 0.6 is 0 Å². The summed E-state index contributed by atoms with van der Waals surface area (Å²) in [6.07, 6.45) is 8.32. The van der Waals surface area contributed by atoms with Gasteiger partial charge in [0.05, 0.1) is 17.0 Å². The Kier molecular flexibility index (Phi) is 5.76. The van der Waals surface area contributed by atoms with Gasteiger partial charge in [-0.15, -0.1) is 5.10 Å². The van der Waals surface area contributed by atoms with Crippen LogP contribution in [0, 0.1) is 10.1 Å². The first kappa shape index (κ1) is 20.5. The number of nitro benzene ring substituents is 1. The molecule has 3 heterocycles. The van der Waals surface area contributed by atoms with Crippen LogP contribution in [0.25, 0.3) is 0 Å². The van der Waals surface area contributed by atoms with Gasteiger partial charge in [-0.1, -0.05) is 12.8 Å². The van der Waals surface area contributed by atoms with E-state index >= 15 is 0 Å². The van der Waals surface area contributed by atoms with Crippen molar-refractivity contribution in [2.45, 2.75) is 37.8 Å². The number of hydrogen-bond acceptors (Lipinski definition) is 8. The highest BCUT2D eigenvalue weighted by Gasteiger charge is 2.33. The molecule has 0 spiro atoms. The molecule has 0 bridgehead atoms. The minimum Gasteiger partial charge on any atom is -0.369 e. The van der Waals surface area contributed by atoms with Gasteiger partial charge in [0.1, 0.15) is 0 Å². The molecule has 1 saturated heterocycles. The lowest BCUT2D eigenvalue weighted by atomic mass is 10.0. The van der Waals surface area contributed by atoms with Gasteiger partial charge in [-0.2, -0.15) is 0 Å². The molecule has 32 heavy (non-hydrogen) atoms. The molecule has 0 N–H and O–H groups in total. The van der Waals surface area contributed by atoms with Crippen molar-refractivity contribution < 1.29 is 4.92 Å². The molecule has 1 aromatic carbocycles. The van der Waals surface area contributed by atoms with E-state index in [4.69, 9.17) is 0 Å². The summed E-state index contributed by atoms with van der Waals surface area (Å²) in [5.41, 5.74) is 2.26. The number of aromatic nitrogens is 5. The first-order chi connectivity index (χ1) is 15.7. The second-order valence-corrected chi connectivity index (χ2v) is 8.40. The van der Waals surface area contributed by atoms with E-state index in [0.717, 1.165) is 56.1 Å². The van der Waals surface area contributed by atoms with E-state index in [2.05, 4.69) is 30.3 Å². The predicted molar refractivity (Wildman–Crippen MR) is 118 cm³/mol. The molecule has 2 aromatic heterocycles. The molecule has 0 amide bonds. The molecule has 10 nitrogen and oxygen atoms in total. The topological polar surface area (TPSA) is 106 Å². The summed E-state index contributed by atoms with van der Waals surface area (Å²) in [5.74, 6) is 0.895. The number of nitro groups is 1. The van der Waals surface area contributed by atoms with Crippen LogP contribution in [0.5, 0.6) is 0 Å². The van der Waals surface area contributed by atoms with Crippen LogP contribution in [0.15, 0.2) is 48.8 Å². The molecule has 1 saturated carbocycles. The van der Waals surface area contributed by atoms with Crippen molar-refractivity contribution in [3.8, 4) is 0 Å². The third-order valence-electron chi connectivity index (χ3n) is 6.56. The number of pyridine rings is 1. The smallest absolute Gasteiger partial charge is 0.269 e. The van der Waals surface area contributed by atoms with Crippen LogP contribution < -0.4 is 4.90 Å². The Hall–Kier alpha value is -3.40. The fourth-order valence-electron chi connectivity index (χ4n) is 4.88. The van der Waals surface area contributed by atoms with E-state index in [0.29, 0.717) is 6.04 Å². The largest absolute Gasteiger partial charge is 0.369 e. The summed E-state index contributed by atoms with van der Waals surface area (Å²) in [6.45, 7) is 3.32. The summed E-state index contributed by atoms with van der Waals surface area (Å²) in [7, 11) is 0. The maximum atomic E-state index is 10.9.